The summed E-state index contributed by atoms with van der Waals surface area (Å²) in [5.41, 5.74) is 7.70. The highest BCUT2D eigenvalue weighted by molar-refractivity contribution is 6.31. The molecule has 2 atom stereocenters. The smallest absolute Gasteiger partial charge is 0.0471 e. The molecule has 2 heterocycles. The second-order valence-electron chi connectivity index (χ2n) is 6.32. The molecule has 0 spiro atoms. The van der Waals surface area contributed by atoms with Gasteiger partial charge in [-0.05, 0) is 63.0 Å². The Morgan fingerprint density at radius 3 is 2.95 bits per heavy atom. The van der Waals surface area contributed by atoms with E-state index in [0.717, 1.165) is 29.2 Å². The first kappa shape index (κ1) is 14.2. The largest absolute Gasteiger partial charge is 0.399 e. The Kier molecular flexibility index (Phi) is 4.20. The van der Waals surface area contributed by atoms with Crippen molar-refractivity contribution in [1.29, 1.82) is 0 Å². The fraction of sp³-hybridized carbons (Fsp3) is 0.625. The fourth-order valence-electron chi connectivity index (χ4n) is 3.80. The normalized spacial score (nSPS) is 28.3. The number of benzene rings is 1. The number of halogens is 1. The number of rotatable bonds is 2. The average Bonchev–Trinajstić information content (AvgIpc) is 2.42. The molecule has 20 heavy (non-hydrogen) atoms. The van der Waals surface area contributed by atoms with Crippen molar-refractivity contribution in [3.05, 3.63) is 28.8 Å². The van der Waals surface area contributed by atoms with Crippen molar-refractivity contribution in [2.24, 2.45) is 5.92 Å². The maximum absolute atomic E-state index is 6.29. The number of fused-ring (bicyclic) bond motifs is 1. The van der Waals surface area contributed by atoms with Gasteiger partial charge in [-0.15, -0.1) is 0 Å². The topological polar surface area (TPSA) is 32.5 Å². The zero-order chi connectivity index (χ0) is 14.1. The molecule has 0 bridgehead atoms. The van der Waals surface area contributed by atoms with Crippen LogP contribution in [0.3, 0.4) is 0 Å². The van der Waals surface area contributed by atoms with Gasteiger partial charge in [-0.1, -0.05) is 17.7 Å². The molecule has 3 nitrogen and oxygen atoms in total. The van der Waals surface area contributed by atoms with E-state index in [2.05, 4.69) is 22.9 Å². The predicted octanol–water partition coefficient (Wildman–Crippen LogP) is 2.84. The van der Waals surface area contributed by atoms with Crippen LogP contribution in [-0.4, -0.2) is 42.5 Å². The van der Waals surface area contributed by atoms with Crippen LogP contribution in [0.2, 0.25) is 5.02 Å². The van der Waals surface area contributed by atoms with E-state index in [1.54, 1.807) is 0 Å². The quantitative estimate of drug-likeness (QED) is 0.851. The Bertz CT molecular complexity index is 477. The van der Waals surface area contributed by atoms with E-state index in [1.165, 1.54) is 44.5 Å². The minimum absolute atomic E-state index is 0.742. The Labute approximate surface area is 126 Å². The summed E-state index contributed by atoms with van der Waals surface area (Å²) in [6.07, 6.45) is 4.00. The van der Waals surface area contributed by atoms with E-state index in [9.17, 15) is 0 Å². The van der Waals surface area contributed by atoms with Crippen LogP contribution < -0.4 is 5.73 Å². The number of nitrogens with two attached hydrogens (primary N) is 1. The van der Waals surface area contributed by atoms with Crippen molar-refractivity contribution in [3.63, 3.8) is 0 Å². The van der Waals surface area contributed by atoms with E-state index in [0.29, 0.717) is 0 Å². The van der Waals surface area contributed by atoms with Crippen molar-refractivity contribution < 1.29 is 0 Å². The lowest BCUT2D eigenvalue weighted by Crippen LogP contribution is -2.52. The van der Waals surface area contributed by atoms with Gasteiger partial charge in [-0.25, -0.2) is 0 Å². The second-order valence-corrected chi connectivity index (χ2v) is 6.73. The average molecular weight is 294 g/mol. The predicted molar refractivity (Wildman–Crippen MR) is 84.9 cm³/mol. The zero-order valence-electron chi connectivity index (χ0n) is 12.2. The molecule has 0 aliphatic carbocycles. The molecule has 0 radical (unpaired) electrons. The summed E-state index contributed by atoms with van der Waals surface area (Å²) >= 11 is 6.29. The van der Waals surface area contributed by atoms with Gasteiger partial charge in [0.05, 0.1) is 0 Å². The summed E-state index contributed by atoms with van der Waals surface area (Å²) < 4.78 is 0. The van der Waals surface area contributed by atoms with E-state index < -0.39 is 0 Å². The van der Waals surface area contributed by atoms with E-state index >= 15 is 0 Å². The summed E-state index contributed by atoms with van der Waals surface area (Å²) in [6.45, 7) is 4.60. The summed E-state index contributed by atoms with van der Waals surface area (Å²) in [6, 6.07) is 6.67. The molecule has 2 aliphatic heterocycles. The number of hydrogen-bond donors (Lipinski definition) is 1. The molecule has 2 fully saturated rings. The number of anilines is 1. The first-order chi connectivity index (χ1) is 9.63. The van der Waals surface area contributed by atoms with Crippen LogP contribution in [0.5, 0.6) is 0 Å². The molecule has 1 aromatic carbocycles. The lowest BCUT2D eigenvalue weighted by atomic mass is 9.84. The molecule has 1 aromatic rings. The molecule has 110 valence electrons. The molecule has 0 aromatic heterocycles. The van der Waals surface area contributed by atoms with Crippen LogP contribution in [-0.2, 0) is 6.54 Å². The molecular weight excluding hydrogens is 270 g/mol. The molecule has 0 saturated carbocycles. The summed E-state index contributed by atoms with van der Waals surface area (Å²) in [5, 5.41) is 0.799. The first-order valence-electron chi connectivity index (χ1n) is 7.60. The van der Waals surface area contributed by atoms with Crippen molar-refractivity contribution in [2.75, 3.05) is 32.4 Å². The monoisotopic (exact) mass is 293 g/mol. The van der Waals surface area contributed by atoms with Gasteiger partial charge in [0, 0.05) is 29.8 Å². The van der Waals surface area contributed by atoms with Gasteiger partial charge < -0.3 is 10.6 Å². The van der Waals surface area contributed by atoms with Gasteiger partial charge >= 0.3 is 0 Å². The Balaban J connectivity index is 1.64. The third-order valence-electron chi connectivity index (χ3n) is 4.90. The van der Waals surface area contributed by atoms with E-state index in [1.807, 2.05) is 12.1 Å². The Hall–Kier alpha value is -0.770. The van der Waals surface area contributed by atoms with Crippen LogP contribution >= 0.6 is 11.6 Å². The molecule has 0 amide bonds. The highest BCUT2D eigenvalue weighted by Crippen LogP contribution is 2.31. The van der Waals surface area contributed by atoms with Crippen LogP contribution in [0.15, 0.2) is 18.2 Å². The van der Waals surface area contributed by atoms with Crippen LogP contribution in [0.1, 0.15) is 24.8 Å². The summed E-state index contributed by atoms with van der Waals surface area (Å²) in [4.78, 5) is 5.11. The van der Waals surface area contributed by atoms with E-state index in [-0.39, 0.29) is 0 Å². The lowest BCUT2D eigenvalue weighted by molar-refractivity contribution is 0.0355. The third-order valence-corrected chi connectivity index (χ3v) is 5.25. The Morgan fingerprint density at radius 2 is 2.15 bits per heavy atom. The molecule has 2 unspecified atom stereocenters. The maximum atomic E-state index is 6.29. The van der Waals surface area contributed by atoms with Gasteiger partial charge in [-0.2, -0.15) is 0 Å². The van der Waals surface area contributed by atoms with Gasteiger partial charge in [0.2, 0.25) is 0 Å². The minimum Gasteiger partial charge on any atom is -0.399 e. The van der Waals surface area contributed by atoms with Crippen LogP contribution in [0, 0.1) is 5.92 Å². The van der Waals surface area contributed by atoms with Crippen molar-refractivity contribution in [3.8, 4) is 0 Å². The highest BCUT2D eigenvalue weighted by atomic mass is 35.5. The van der Waals surface area contributed by atoms with Gasteiger partial charge in [0.25, 0.3) is 0 Å². The van der Waals surface area contributed by atoms with Crippen molar-refractivity contribution in [1.82, 2.24) is 9.80 Å². The third kappa shape index (κ3) is 2.95. The molecule has 4 heteroatoms. The van der Waals surface area contributed by atoms with Crippen LogP contribution in [0.4, 0.5) is 5.69 Å². The Morgan fingerprint density at radius 1 is 1.30 bits per heavy atom. The highest BCUT2D eigenvalue weighted by Gasteiger charge is 2.34. The zero-order valence-corrected chi connectivity index (χ0v) is 12.9. The van der Waals surface area contributed by atoms with Gasteiger partial charge in [-0.3, -0.25) is 4.90 Å². The number of hydrogen-bond acceptors (Lipinski definition) is 3. The first-order valence-corrected chi connectivity index (χ1v) is 7.98. The number of likely N-dealkylation sites (tertiary alicyclic amines) is 2. The summed E-state index contributed by atoms with van der Waals surface area (Å²) in [7, 11) is 2.28. The molecule has 2 saturated heterocycles. The second kappa shape index (κ2) is 5.92. The lowest BCUT2D eigenvalue weighted by Gasteiger charge is -2.46. The molecular formula is C16H24ClN3. The van der Waals surface area contributed by atoms with Crippen molar-refractivity contribution >= 4 is 17.3 Å². The molecule has 3 rings (SSSR count). The number of nitrogen functional groups attached to an aromatic ring is 1. The minimum atomic E-state index is 0.742. The van der Waals surface area contributed by atoms with Gasteiger partial charge in [0.1, 0.15) is 0 Å². The summed E-state index contributed by atoms with van der Waals surface area (Å²) in [5.74, 6) is 0.829. The standard InChI is InChI=1S/C16H24ClN3/c1-19-7-2-3-13-11-20(8-6-16(13)19)10-12-4-5-14(18)9-15(12)17/h4-5,9,13,16H,2-3,6-8,10-11,18H2,1H3. The van der Waals surface area contributed by atoms with Crippen LogP contribution in [0.25, 0.3) is 0 Å². The number of nitrogens with zero attached hydrogens (tertiary/aromatic N) is 2. The van der Waals surface area contributed by atoms with E-state index in [4.69, 9.17) is 17.3 Å². The SMILES string of the molecule is CN1CCCC2CN(Cc3ccc(N)cc3Cl)CCC21. The molecule has 2 N–H and O–H groups in total. The molecule has 2 aliphatic rings. The fourth-order valence-corrected chi connectivity index (χ4v) is 4.05. The number of piperidine rings is 2. The maximum Gasteiger partial charge on any atom is 0.0471 e. The van der Waals surface area contributed by atoms with Gasteiger partial charge in [0.15, 0.2) is 0 Å². The van der Waals surface area contributed by atoms with Crippen molar-refractivity contribution in [2.45, 2.75) is 31.8 Å².